The highest BCUT2D eigenvalue weighted by Crippen LogP contribution is 2.42. The van der Waals surface area contributed by atoms with E-state index in [1.807, 2.05) is 0 Å². The Balaban J connectivity index is 2.33. The van der Waals surface area contributed by atoms with E-state index in [1.54, 1.807) is 19.2 Å². The number of phenolic OH excluding ortho intramolecular Hbond substituents is 1. The van der Waals surface area contributed by atoms with E-state index in [4.69, 9.17) is 9.47 Å². The Morgan fingerprint density at radius 1 is 1.35 bits per heavy atom. The Bertz CT molecular complexity index is 394. The summed E-state index contributed by atoms with van der Waals surface area (Å²) >= 11 is 0. The molecule has 1 aromatic rings. The van der Waals surface area contributed by atoms with Gasteiger partial charge in [0, 0.05) is 18.5 Å². The van der Waals surface area contributed by atoms with Crippen LogP contribution in [0.1, 0.15) is 18.1 Å². The van der Waals surface area contributed by atoms with Gasteiger partial charge >= 0.3 is 0 Å². The number of aliphatic hydroxyl groups is 1. The highest BCUT2D eigenvalue weighted by atomic mass is 16.5. The summed E-state index contributed by atoms with van der Waals surface area (Å²) in [6, 6.07) is 3.37. The first kappa shape index (κ1) is 12.0. The van der Waals surface area contributed by atoms with Crippen LogP contribution in [-0.2, 0) is 0 Å². The number of ether oxygens (including phenoxy) is 2. The van der Waals surface area contributed by atoms with E-state index >= 15 is 0 Å². The van der Waals surface area contributed by atoms with Crippen LogP contribution in [0.15, 0.2) is 12.1 Å². The number of benzene rings is 1. The van der Waals surface area contributed by atoms with Gasteiger partial charge in [0.15, 0.2) is 11.5 Å². The number of aromatic hydroxyl groups is 1. The molecule has 0 saturated heterocycles. The Kier molecular flexibility index (Phi) is 3.71. The monoisotopic (exact) mass is 239 g/mol. The molecule has 17 heavy (non-hydrogen) atoms. The van der Waals surface area contributed by atoms with Crippen LogP contribution in [0.25, 0.3) is 0 Å². The van der Waals surface area contributed by atoms with E-state index < -0.39 is 6.10 Å². The topological polar surface area (TPSA) is 71.0 Å². The minimum absolute atomic E-state index is 0.0350. The van der Waals surface area contributed by atoms with Gasteiger partial charge in [-0.15, -0.1) is 0 Å². The van der Waals surface area contributed by atoms with Gasteiger partial charge < -0.3 is 25.0 Å². The molecule has 2 rings (SSSR count). The van der Waals surface area contributed by atoms with Crippen LogP contribution in [0.4, 0.5) is 0 Å². The molecule has 0 amide bonds. The summed E-state index contributed by atoms with van der Waals surface area (Å²) in [5, 5.41) is 22.8. The van der Waals surface area contributed by atoms with Crippen molar-refractivity contribution in [1.29, 1.82) is 0 Å². The first-order valence-electron chi connectivity index (χ1n) is 5.68. The molecule has 0 radical (unpaired) electrons. The molecular weight excluding hydrogens is 222 g/mol. The van der Waals surface area contributed by atoms with Crippen molar-refractivity contribution in [3.05, 3.63) is 17.7 Å². The molecule has 3 N–H and O–H groups in total. The second-order valence-electron chi connectivity index (χ2n) is 3.95. The molecule has 0 spiro atoms. The average Bonchev–Trinajstić information content (AvgIpc) is 2.55. The van der Waals surface area contributed by atoms with Gasteiger partial charge in [0.05, 0.1) is 19.3 Å². The van der Waals surface area contributed by atoms with E-state index in [0.717, 1.165) is 6.42 Å². The maximum absolute atomic E-state index is 10.1. The third-order valence-corrected chi connectivity index (χ3v) is 2.68. The third-order valence-electron chi connectivity index (χ3n) is 2.68. The lowest BCUT2D eigenvalue weighted by atomic mass is 10.1. The molecule has 5 nitrogen and oxygen atoms in total. The van der Waals surface area contributed by atoms with E-state index in [-0.39, 0.29) is 5.75 Å². The van der Waals surface area contributed by atoms with Gasteiger partial charge in [-0.1, -0.05) is 0 Å². The average molecular weight is 239 g/mol. The zero-order valence-electron chi connectivity index (χ0n) is 9.77. The predicted octanol–water partition coefficient (Wildman–Crippen LogP) is 0.806. The SMILES string of the molecule is CNCC(O)c1ccc2c(c1O)OCCCO2. The highest BCUT2D eigenvalue weighted by molar-refractivity contribution is 5.55. The van der Waals surface area contributed by atoms with Gasteiger partial charge in [0.25, 0.3) is 0 Å². The first-order valence-corrected chi connectivity index (χ1v) is 5.68. The number of hydrogen-bond acceptors (Lipinski definition) is 5. The molecule has 1 heterocycles. The number of aliphatic hydroxyl groups excluding tert-OH is 1. The fourth-order valence-electron chi connectivity index (χ4n) is 1.81. The van der Waals surface area contributed by atoms with Crippen molar-refractivity contribution >= 4 is 0 Å². The highest BCUT2D eigenvalue weighted by Gasteiger charge is 2.21. The van der Waals surface area contributed by atoms with Crippen molar-refractivity contribution < 1.29 is 19.7 Å². The van der Waals surface area contributed by atoms with Crippen molar-refractivity contribution in [3.63, 3.8) is 0 Å². The smallest absolute Gasteiger partial charge is 0.203 e. The van der Waals surface area contributed by atoms with Crippen LogP contribution in [0.3, 0.4) is 0 Å². The Morgan fingerprint density at radius 3 is 2.88 bits per heavy atom. The van der Waals surface area contributed by atoms with E-state index in [2.05, 4.69) is 5.32 Å². The molecule has 1 unspecified atom stereocenters. The zero-order valence-corrected chi connectivity index (χ0v) is 9.77. The van der Waals surface area contributed by atoms with Crippen LogP contribution < -0.4 is 14.8 Å². The maximum Gasteiger partial charge on any atom is 0.203 e. The Labute approximate surface area is 100.0 Å². The molecule has 1 atom stereocenters. The van der Waals surface area contributed by atoms with Crippen molar-refractivity contribution in [3.8, 4) is 17.2 Å². The zero-order chi connectivity index (χ0) is 12.3. The lowest BCUT2D eigenvalue weighted by Gasteiger charge is -2.16. The molecule has 0 aromatic heterocycles. The van der Waals surface area contributed by atoms with Crippen molar-refractivity contribution in [2.24, 2.45) is 0 Å². The molecule has 1 aliphatic heterocycles. The van der Waals surface area contributed by atoms with Crippen molar-refractivity contribution in [1.82, 2.24) is 5.32 Å². The summed E-state index contributed by atoms with van der Waals surface area (Å²) in [5.74, 6) is 0.822. The molecule has 1 aromatic carbocycles. The minimum atomic E-state index is -0.767. The Morgan fingerprint density at radius 2 is 2.12 bits per heavy atom. The number of fused-ring (bicyclic) bond motifs is 1. The fraction of sp³-hybridized carbons (Fsp3) is 0.500. The number of likely N-dealkylation sites (N-methyl/N-ethyl adjacent to an activating group) is 1. The summed E-state index contributed by atoms with van der Waals surface area (Å²) in [6.45, 7) is 1.45. The summed E-state index contributed by atoms with van der Waals surface area (Å²) in [4.78, 5) is 0. The van der Waals surface area contributed by atoms with E-state index in [0.29, 0.717) is 36.8 Å². The van der Waals surface area contributed by atoms with Crippen LogP contribution in [-0.4, -0.2) is 37.0 Å². The lowest BCUT2D eigenvalue weighted by molar-refractivity contribution is 0.172. The molecule has 1 aliphatic rings. The molecule has 0 aliphatic carbocycles. The number of rotatable bonds is 3. The minimum Gasteiger partial charge on any atom is -0.504 e. The second-order valence-corrected chi connectivity index (χ2v) is 3.95. The lowest BCUT2D eigenvalue weighted by Crippen LogP contribution is -2.16. The summed E-state index contributed by atoms with van der Waals surface area (Å²) < 4.78 is 10.9. The van der Waals surface area contributed by atoms with Gasteiger partial charge in [-0.2, -0.15) is 0 Å². The van der Waals surface area contributed by atoms with Crippen LogP contribution in [0.5, 0.6) is 17.2 Å². The predicted molar refractivity (Wildman–Crippen MR) is 62.6 cm³/mol. The molecule has 5 heteroatoms. The molecule has 0 bridgehead atoms. The number of phenols is 1. The summed E-state index contributed by atoms with van der Waals surface area (Å²) in [6.07, 6.45) is 0.0138. The van der Waals surface area contributed by atoms with Crippen LogP contribution in [0, 0.1) is 0 Å². The molecule has 0 fully saturated rings. The normalized spacial score (nSPS) is 16.4. The standard InChI is InChI=1S/C12H17NO4/c1-13-7-9(14)8-3-4-10-12(11(8)15)17-6-2-5-16-10/h3-4,9,13-15H,2,5-7H2,1H3. The maximum atomic E-state index is 10.1. The van der Waals surface area contributed by atoms with Crippen LogP contribution in [0.2, 0.25) is 0 Å². The number of nitrogens with one attached hydrogen (secondary N) is 1. The quantitative estimate of drug-likeness (QED) is 0.728. The van der Waals surface area contributed by atoms with Gasteiger partial charge in [-0.05, 0) is 19.2 Å². The third kappa shape index (κ3) is 2.45. The molecule has 0 saturated carbocycles. The fourth-order valence-corrected chi connectivity index (χ4v) is 1.81. The number of hydrogen-bond donors (Lipinski definition) is 3. The van der Waals surface area contributed by atoms with Gasteiger partial charge in [-0.3, -0.25) is 0 Å². The van der Waals surface area contributed by atoms with Crippen molar-refractivity contribution in [2.75, 3.05) is 26.8 Å². The van der Waals surface area contributed by atoms with Crippen LogP contribution >= 0.6 is 0 Å². The molecular formula is C12H17NO4. The van der Waals surface area contributed by atoms with Gasteiger partial charge in [-0.25, -0.2) is 0 Å². The van der Waals surface area contributed by atoms with Gasteiger partial charge in [0.1, 0.15) is 0 Å². The van der Waals surface area contributed by atoms with Gasteiger partial charge in [0.2, 0.25) is 5.75 Å². The summed E-state index contributed by atoms with van der Waals surface area (Å²) in [5.41, 5.74) is 0.448. The molecule has 94 valence electrons. The van der Waals surface area contributed by atoms with E-state index in [1.165, 1.54) is 0 Å². The van der Waals surface area contributed by atoms with E-state index in [9.17, 15) is 10.2 Å². The first-order chi connectivity index (χ1) is 8.24. The Hall–Kier alpha value is -1.46. The largest absolute Gasteiger partial charge is 0.504 e. The second kappa shape index (κ2) is 5.25. The van der Waals surface area contributed by atoms with Crippen molar-refractivity contribution in [2.45, 2.75) is 12.5 Å². The summed E-state index contributed by atoms with van der Waals surface area (Å²) in [7, 11) is 1.74.